The molecule has 0 aliphatic rings. The van der Waals surface area contributed by atoms with Gasteiger partial charge in [-0.3, -0.25) is 0 Å². The van der Waals surface area contributed by atoms with Gasteiger partial charge in [0.2, 0.25) is 0 Å². The van der Waals surface area contributed by atoms with Gasteiger partial charge >= 0.3 is 0 Å². The van der Waals surface area contributed by atoms with Crippen LogP contribution in [0.4, 0.5) is 0 Å². The highest BCUT2D eigenvalue weighted by Crippen LogP contribution is 2.21. The molecule has 0 aromatic heterocycles. The first-order chi connectivity index (χ1) is 7.87. The Morgan fingerprint density at radius 3 is 2.24 bits per heavy atom. The summed E-state index contributed by atoms with van der Waals surface area (Å²) < 4.78 is 25.4. The third-order valence-corrected chi connectivity index (χ3v) is 5.56. The molecule has 0 saturated carbocycles. The lowest BCUT2D eigenvalue weighted by atomic mass is 10.2. The molecule has 0 bridgehead atoms. The van der Waals surface area contributed by atoms with E-state index in [0.29, 0.717) is 11.3 Å². The topological polar surface area (TPSA) is 46.2 Å². The number of sulfone groups is 1. The number of halogens is 1. The average Bonchev–Trinajstić information content (AvgIpc) is 2.29. The van der Waals surface area contributed by atoms with E-state index in [2.05, 4.69) is 21.2 Å². The summed E-state index contributed by atoms with van der Waals surface area (Å²) in [7, 11) is -1.38. The monoisotopic (exact) mass is 319 g/mol. The molecule has 0 spiro atoms. The fourth-order valence-corrected chi connectivity index (χ4v) is 3.39. The Labute approximate surface area is 112 Å². The summed E-state index contributed by atoms with van der Waals surface area (Å²) in [5.74, 6) is 0. The Balaban J connectivity index is 2.91. The minimum atomic E-state index is -3.22. The summed E-state index contributed by atoms with van der Waals surface area (Å²) in [5, 5.41) is 2.67. The zero-order valence-electron chi connectivity index (χ0n) is 10.3. The quantitative estimate of drug-likeness (QED) is 0.907. The minimum absolute atomic E-state index is 0.190. The molecule has 0 amide bonds. The summed E-state index contributed by atoms with van der Waals surface area (Å²) in [4.78, 5) is 0.386. The smallest absolute Gasteiger partial charge is 0.181 e. The molecular formula is C12H18BrNO2S. The van der Waals surface area contributed by atoms with Crippen LogP contribution in [-0.4, -0.2) is 26.8 Å². The molecular weight excluding hydrogens is 302 g/mol. The maximum absolute atomic E-state index is 12.3. The second kappa shape index (κ2) is 5.98. The second-order valence-corrected chi connectivity index (χ2v) is 7.52. The van der Waals surface area contributed by atoms with E-state index < -0.39 is 9.84 Å². The molecule has 0 heterocycles. The maximum atomic E-state index is 12.3. The molecule has 17 heavy (non-hydrogen) atoms. The van der Waals surface area contributed by atoms with Crippen LogP contribution < -0.4 is 5.32 Å². The van der Waals surface area contributed by atoms with Crippen molar-refractivity contribution in [2.45, 2.75) is 36.5 Å². The molecule has 0 fully saturated rings. The molecule has 2 unspecified atom stereocenters. The molecule has 96 valence electrons. The second-order valence-electron chi connectivity index (χ2n) is 4.23. The first kappa shape index (κ1) is 14.7. The highest BCUT2D eigenvalue weighted by atomic mass is 79.9. The predicted octanol–water partition coefficient (Wildman–Crippen LogP) is 2.61. The molecule has 0 radical (unpaired) electrons. The summed E-state index contributed by atoms with van der Waals surface area (Å²) in [5.41, 5.74) is 0. The van der Waals surface area contributed by atoms with Gasteiger partial charge in [0.05, 0.1) is 10.1 Å². The largest absolute Gasteiger partial charge is 0.317 e. The molecule has 2 atom stereocenters. The highest BCUT2D eigenvalue weighted by Gasteiger charge is 2.24. The van der Waals surface area contributed by atoms with Crippen molar-refractivity contribution in [3.63, 3.8) is 0 Å². The van der Waals surface area contributed by atoms with Crippen LogP contribution >= 0.6 is 15.9 Å². The summed E-state index contributed by atoms with van der Waals surface area (Å²) >= 11 is 3.30. The normalized spacial score (nSPS) is 15.5. The van der Waals surface area contributed by atoms with E-state index in [1.165, 1.54) is 0 Å². The Morgan fingerprint density at radius 1 is 1.24 bits per heavy atom. The van der Waals surface area contributed by atoms with E-state index in [0.717, 1.165) is 4.47 Å². The Morgan fingerprint density at radius 2 is 1.76 bits per heavy atom. The van der Waals surface area contributed by atoms with E-state index in [-0.39, 0.29) is 11.3 Å². The van der Waals surface area contributed by atoms with Gasteiger partial charge in [0.1, 0.15) is 0 Å². The van der Waals surface area contributed by atoms with Crippen molar-refractivity contribution in [2.75, 3.05) is 7.05 Å². The highest BCUT2D eigenvalue weighted by molar-refractivity contribution is 9.10. The van der Waals surface area contributed by atoms with Crippen molar-refractivity contribution >= 4 is 25.8 Å². The van der Waals surface area contributed by atoms with Gasteiger partial charge in [-0.1, -0.05) is 15.9 Å². The molecule has 0 saturated heterocycles. The average molecular weight is 320 g/mol. The van der Waals surface area contributed by atoms with Crippen molar-refractivity contribution in [1.29, 1.82) is 0 Å². The zero-order valence-corrected chi connectivity index (χ0v) is 12.7. The first-order valence-corrected chi connectivity index (χ1v) is 7.88. The number of hydrogen-bond acceptors (Lipinski definition) is 3. The van der Waals surface area contributed by atoms with E-state index >= 15 is 0 Å². The Kier molecular flexibility index (Phi) is 5.16. The molecule has 1 aromatic carbocycles. The summed E-state index contributed by atoms with van der Waals surface area (Å²) in [6.45, 7) is 3.73. The Hall–Kier alpha value is -0.390. The zero-order chi connectivity index (χ0) is 13.1. The van der Waals surface area contributed by atoms with Crippen molar-refractivity contribution in [3.05, 3.63) is 28.7 Å². The minimum Gasteiger partial charge on any atom is -0.317 e. The molecule has 1 aromatic rings. The van der Waals surface area contributed by atoms with Crippen molar-refractivity contribution in [3.8, 4) is 0 Å². The third kappa shape index (κ3) is 3.79. The van der Waals surface area contributed by atoms with E-state index in [1.54, 1.807) is 31.2 Å². The standard InChI is InChI=1S/C12H18BrNO2S/c1-9(14-3)8-10(2)17(15,16)12-6-4-11(13)5-7-12/h4-7,9-10,14H,8H2,1-3H3. The Bertz CT molecular complexity index is 456. The van der Waals surface area contributed by atoms with Crippen LogP contribution in [-0.2, 0) is 9.84 Å². The maximum Gasteiger partial charge on any atom is 0.181 e. The van der Waals surface area contributed by atoms with Gasteiger partial charge in [0.15, 0.2) is 9.84 Å². The lowest BCUT2D eigenvalue weighted by Gasteiger charge is -2.17. The molecule has 5 heteroatoms. The molecule has 0 aliphatic carbocycles. The fraction of sp³-hybridized carbons (Fsp3) is 0.500. The number of nitrogens with one attached hydrogen (secondary N) is 1. The van der Waals surface area contributed by atoms with Crippen LogP contribution in [0.15, 0.2) is 33.6 Å². The van der Waals surface area contributed by atoms with Crippen LogP contribution in [0.5, 0.6) is 0 Å². The number of benzene rings is 1. The van der Waals surface area contributed by atoms with Gasteiger partial charge in [-0.15, -0.1) is 0 Å². The fourth-order valence-electron chi connectivity index (χ4n) is 1.60. The van der Waals surface area contributed by atoms with E-state index in [4.69, 9.17) is 0 Å². The van der Waals surface area contributed by atoms with Crippen molar-refractivity contribution < 1.29 is 8.42 Å². The number of rotatable bonds is 5. The van der Waals surface area contributed by atoms with E-state index in [1.807, 2.05) is 14.0 Å². The molecule has 3 nitrogen and oxygen atoms in total. The van der Waals surface area contributed by atoms with Crippen LogP contribution in [0.2, 0.25) is 0 Å². The van der Waals surface area contributed by atoms with Crippen molar-refractivity contribution in [2.24, 2.45) is 0 Å². The van der Waals surface area contributed by atoms with Crippen LogP contribution in [0, 0.1) is 0 Å². The van der Waals surface area contributed by atoms with Crippen LogP contribution in [0.3, 0.4) is 0 Å². The lowest BCUT2D eigenvalue weighted by molar-refractivity contribution is 0.530. The van der Waals surface area contributed by atoms with Crippen LogP contribution in [0.25, 0.3) is 0 Å². The molecule has 0 aliphatic heterocycles. The number of hydrogen-bond donors (Lipinski definition) is 1. The van der Waals surface area contributed by atoms with Gasteiger partial charge < -0.3 is 5.32 Å². The van der Waals surface area contributed by atoms with Gasteiger partial charge in [-0.2, -0.15) is 0 Å². The van der Waals surface area contributed by atoms with Crippen molar-refractivity contribution in [1.82, 2.24) is 5.32 Å². The first-order valence-electron chi connectivity index (χ1n) is 5.54. The molecule has 1 rings (SSSR count). The van der Waals surface area contributed by atoms with Gasteiger partial charge in [-0.25, -0.2) is 8.42 Å². The van der Waals surface area contributed by atoms with Gasteiger partial charge in [0.25, 0.3) is 0 Å². The summed E-state index contributed by atoms with van der Waals surface area (Å²) in [6, 6.07) is 6.97. The molecule has 1 N–H and O–H groups in total. The SMILES string of the molecule is CNC(C)CC(C)S(=O)(=O)c1ccc(Br)cc1. The summed E-state index contributed by atoms with van der Waals surface area (Å²) in [6.07, 6.45) is 0.606. The third-order valence-electron chi connectivity index (χ3n) is 2.85. The van der Waals surface area contributed by atoms with Gasteiger partial charge in [-0.05, 0) is 51.6 Å². The van der Waals surface area contributed by atoms with Gasteiger partial charge in [0, 0.05) is 10.5 Å². The van der Waals surface area contributed by atoms with Crippen LogP contribution in [0.1, 0.15) is 20.3 Å². The lowest BCUT2D eigenvalue weighted by Crippen LogP contribution is -2.29. The van der Waals surface area contributed by atoms with E-state index in [9.17, 15) is 8.42 Å². The predicted molar refractivity (Wildman–Crippen MR) is 73.9 cm³/mol.